The standard InChI is InChI=1S/C14H15N3OS2/c18-13-9-11(15-12-5-1-2-8-17(12)13)10-20-14(19)16-6-3-4-7-16/h1-2,5,8-9H,3-4,6-7,10H2. The Bertz CT molecular complexity index is 692. The summed E-state index contributed by atoms with van der Waals surface area (Å²) in [5, 5.41) is 0. The van der Waals surface area contributed by atoms with Crippen molar-refractivity contribution in [3.63, 3.8) is 0 Å². The van der Waals surface area contributed by atoms with Gasteiger partial charge in [0, 0.05) is 31.1 Å². The highest BCUT2D eigenvalue weighted by Crippen LogP contribution is 2.19. The highest BCUT2D eigenvalue weighted by Gasteiger charge is 2.15. The van der Waals surface area contributed by atoms with Gasteiger partial charge < -0.3 is 4.90 Å². The monoisotopic (exact) mass is 305 g/mol. The predicted octanol–water partition coefficient (Wildman–Crippen LogP) is 2.31. The molecule has 104 valence electrons. The van der Waals surface area contributed by atoms with Crippen LogP contribution in [0.25, 0.3) is 5.65 Å². The van der Waals surface area contributed by atoms with E-state index in [0.29, 0.717) is 11.4 Å². The summed E-state index contributed by atoms with van der Waals surface area (Å²) < 4.78 is 2.46. The van der Waals surface area contributed by atoms with Crippen LogP contribution in [0, 0.1) is 0 Å². The number of thioether (sulfide) groups is 1. The van der Waals surface area contributed by atoms with Gasteiger partial charge in [0.1, 0.15) is 9.97 Å². The van der Waals surface area contributed by atoms with Gasteiger partial charge in [0.15, 0.2) is 0 Å². The minimum Gasteiger partial charge on any atom is -0.358 e. The summed E-state index contributed by atoms with van der Waals surface area (Å²) in [6, 6.07) is 7.14. The number of pyridine rings is 1. The predicted molar refractivity (Wildman–Crippen MR) is 86.2 cm³/mol. The number of thiocarbonyl (C=S) groups is 1. The Balaban J connectivity index is 1.74. The van der Waals surface area contributed by atoms with Gasteiger partial charge in [-0.2, -0.15) is 0 Å². The van der Waals surface area contributed by atoms with Gasteiger partial charge >= 0.3 is 0 Å². The van der Waals surface area contributed by atoms with Crippen LogP contribution in [0.3, 0.4) is 0 Å². The van der Waals surface area contributed by atoms with Crippen LogP contribution >= 0.6 is 24.0 Å². The molecule has 0 aliphatic carbocycles. The van der Waals surface area contributed by atoms with E-state index >= 15 is 0 Å². The largest absolute Gasteiger partial charge is 0.358 e. The molecule has 0 unspecified atom stereocenters. The van der Waals surface area contributed by atoms with E-state index in [2.05, 4.69) is 9.88 Å². The molecule has 0 N–H and O–H groups in total. The maximum absolute atomic E-state index is 12.0. The first kappa shape index (κ1) is 13.6. The van der Waals surface area contributed by atoms with E-state index in [-0.39, 0.29) is 5.56 Å². The average molecular weight is 305 g/mol. The van der Waals surface area contributed by atoms with Gasteiger partial charge in [0.25, 0.3) is 5.56 Å². The average Bonchev–Trinajstić information content (AvgIpc) is 2.99. The summed E-state index contributed by atoms with van der Waals surface area (Å²) in [7, 11) is 0. The van der Waals surface area contributed by atoms with Crippen molar-refractivity contribution in [1.82, 2.24) is 14.3 Å². The molecule has 0 spiro atoms. The molecule has 0 aromatic carbocycles. The Hall–Kier alpha value is -1.40. The summed E-state index contributed by atoms with van der Waals surface area (Å²) in [5.74, 6) is 0.649. The number of nitrogens with zero attached hydrogens (tertiary/aromatic N) is 3. The Labute approximate surface area is 126 Å². The Morgan fingerprint density at radius 3 is 2.95 bits per heavy atom. The third kappa shape index (κ3) is 2.86. The van der Waals surface area contributed by atoms with Gasteiger partial charge in [0.05, 0.1) is 5.69 Å². The number of likely N-dealkylation sites (tertiary alicyclic amines) is 1. The number of hydrogen-bond acceptors (Lipinski definition) is 4. The quantitative estimate of drug-likeness (QED) is 0.796. The third-order valence-electron chi connectivity index (χ3n) is 3.33. The lowest BCUT2D eigenvalue weighted by atomic mass is 10.4. The lowest BCUT2D eigenvalue weighted by Crippen LogP contribution is -2.23. The lowest BCUT2D eigenvalue weighted by molar-refractivity contribution is 0.539. The van der Waals surface area contributed by atoms with E-state index in [4.69, 9.17) is 12.2 Å². The topological polar surface area (TPSA) is 37.6 Å². The van der Waals surface area contributed by atoms with Crippen LogP contribution in [0.1, 0.15) is 18.5 Å². The minimum atomic E-state index is -0.0432. The minimum absolute atomic E-state index is 0.0432. The molecule has 3 rings (SSSR count). The molecule has 2 aromatic rings. The smallest absolute Gasteiger partial charge is 0.258 e. The summed E-state index contributed by atoms with van der Waals surface area (Å²) >= 11 is 7.01. The second kappa shape index (κ2) is 5.93. The molecule has 0 atom stereocenters. The molecule has 1 aliphatic rings. The van der Waals surface area contributed by atoms with Crippen LogP contribution in [-0.4, -0.2) is 31.7 Å². The first-order valence-corrected chi connectivity index (χ1v) is 8.02. The fourth-order valence-electron chi connectivity index (χ4n) is 2.30. The fourth-order valence-corrected chi connectivity index (χ4v) is 3.45. The van der Waals surface area contributed by atoms with Crippen molar-refractivity contribution in [3.8, 4) is 0 Å². The lowest BCUT2D eigenvalue weighted by Gasteiger charge is -2.17. The van der Waals surface area contributed by atoms with Crippen molar-refractivity contribution in [2.45, 2.75) is 18.6 Å². The zero-order valence-electron chi connectivity index (χ0n) is 11.0. The van der Waals surface area contributed by atoms with Gasteiger partial charge in [-0.25, -0.2) is 4.98 Å². The molecule has 20 heavy (non-hydrogen) atoms. The molecule has 6 heteroatoms. The molecule has 4 nitrogen and oxygen atoms in total. The van der Waals surface area contributed by atoms with Gasteiger partial charge in [-0.1, -0.05) is 30.0 Å². The van der Waals surface area contributed by atoms with E-state index in [1.54, 1.807) is 28.4 Å². The number of rotatable bonds is 2. The Morgan fingerprint density at radius 1 is 1.35 bits per heavy atom. The number of aromatic nitrogens is 2. The molecule has 1 saturated heterocycles. The highest BCUT2D eigenvalue weighted by molar-refractivity contribution is 8.22. The van der Waals surface area contributed by atoms with Gasteiger partial charge in [0.2, 0.25) is 0 Å². The van der Waals surface area contributed by atoms with Crippen LogP contribution in [0.4, 0.5) is 0 Å². The molecule has 0 saturated carbocycles. The van der Waals surface area contributed by atoms with E-state index < -0.39 is 0 Å². The normalized spacial score (nSPS) is 14.9. The molecule has 1 fully saturated rings. The molecule has 2 aromatic heterocycles. The maximum Gasteiger partial charge on any atom is 0.258 e. The number of fused-ring (bicyclic) bond motifs is 1. The van der Waals surface area contributed by atoms with E-state index in [0.717, 1.165) is 23.1 Å². The summed E-state index contributed by atoms with van der Waals surface area (Å²) in [6.45, 7) is 2.11. The third-order valence-corrected chi connectivity index (χ3v) is 4.89. The summed E-state index contributed by atoms with van der Waals surface area (Å²) in [6.07, 6.45) is 4.17. The van der Waals surface area contributed by atoms with Crippen LogP contribution in [-0.2, 0) is 5.75 Å². The SMILES string of the molecule is O=c1cc(CSC(=S)N2CCCC2)nc2ccccn12. The molecule has 0 amide bonds. The summed E-state index contributed by atoms with van der Waals surface area (Å²) in [4.78, 5) is 18.7. The highest BCUT2D eigenvalue weighted by atomic mass is 32.2. The van der Waals surface area contributed by atoms with Crippen molar-refractivity contribution >= 4 is 33.9 Å². The van der Waals surface area contributed by atoms with Crippen LogP contribution in [0.2, 0.25) is 0 Å². The van der Waals surface area contributed by atoms with Crippen molar-refractivity contribution in [2.75, 3.05) is 13.1 Å². The number of hydrogen-bond donors (Lipinski definition) is 0. The molecule has 0 bridgehead atoms. The Kier molecular flexibility index (Phi) is 4.03. The van der Waals surface area contributed by atoms with Gasteiger partial charge in [-0.15, -0.1) is 0 Å². The first-order chi connectivity index (χ1) is 9.74. The van der Waals surface area contributed by atoms with Crippen LogP contribution in [0.5, 0.6) is 0 Å². The first-order valence-electron chi connectivity index (χ1n) is 6.63. The zero-order valence-corrected chi connectivity index (χ0v) is 12.6. The molecule has 0 radical (unpaired) electrons. The van der Waals surface area contributed by atoms with Crippen LogP contribution < -0.4 is 5.56 Å². The van der Waals surface area contributed by atoms with Crippen molar-refractivity contribution in [1.29, 1.82) is 0 Å². The molecule has 3 heterocycles. The van der Waals surface area contributed by atoms with Crippen molar-refractivity contribution in [3.05, 3.63) is 46.5 Å². The van der Waals surface area contributed by atoms with E-state index in [1.165, 1.54) is 12.8 Å². The van der Waals surface area contributed by atoms with E-state index in [1.807, 2.05) is 18.2 Å². The zero-order chi connectivity index (χ0) is 13.9. The van der Waals surface area contributed by atoms with Crippen molar-refractivity contribution < 1.29 is 0 Å². The molecular formula is C14H15N3OS2. The molecular weight excluding hydrogens is 290 g/mol. The van der Waals surface area contributed by atoms with Crippen molar-refractivity contribution in [2.24, 2.45) is 0 Å². The fraction of sp³-hybridized carbons (Fsp3) is 0.357. The van der Waals surface area contributed by atoms with Gasteiger partial charge in [-0.3, -0.25) is 9.20 Å². The van der Waals surface area contributed by atoms with Gasteiger partial charge in [-0.05, 0) is 25.0 Å². The van der Waals surface area contributed by atoms with E-state index in [9.17, 15) is 4.79 Å². The Morgan fingerprint density at radius 2 is 2.15 bits per heavy atom. The second-order valence-electron chi connectivity index (χ2n) is 4.76. The maximum atomic E-state index is 12.0. The molecule has 1 aliphatic heterocycles. The van der Waals surface area contributed by atoms with Crippen LogP contribution in [0.15, 0.2) is 35.3 Å². The summed E-state index contributed by atoms with van der Waals surface area (Å²) in [5.41, 5.74) is 1.42. The second-order valence-corrected chi connectivity index (χ2v) is 6.37.